The molecule has 0 aliphatic carbocycles. The van der Waals surface area contributed by atoms with E-state index in [2.05, 4.69) is 39.1 Å². The lowest BCUT2D eigenvalue weighted by Crippen LogP contribution is -2.19. The minimum Gasteiger partial charge on any atom is -0.312 e. The Bertz CT molecular complexity index is 639. The second-order valence-corrected chi connectivity index (χ2v) is 6.15. The number of hydrogen-bond acceptors (Lipinski definition) is 6. The first-order valence-electron chi connectivity index (χ1n) is 6.80. The maximum atomic E-state index is 11.4. The van der Waals surface area contributed by atoms with E-state index in [0.717, 1.165) is 18.7 Å². The number of nitrogens with zero attached hydrogens (tertiary/aromatic N) is 3. The lowest BCUT2D eigenvalue weighted by molar-refractivity contribution is 0.550. The Morgan fingerprint density at radius 2 is 2.05 bits per heavy atom. The first kappa shape index (κ1) is 15.7. The van der Waals surface area contributed by atoms with E-state index in [-0.39, 0.29) is 5.56 Å². The molecule has 0 bridgehead atoms. The summed E-state index contributed by atoms with van der Waals surface area (Å²) in [5, 5.41) is 4.41. The standard InChI is InChI=1S/C14H19N5OS/c1-9(2)5-15-6-11-7-16-13(17-8-11)21-14-18-10(3)4-12(20)19-14/h4,7-9,15H,5-6H2,1-3H3,(H,18,19,20). The predicted octanol–water partition coefficient (Wildman–Crippen LogP) is 1.77. The van der Waals surface area contributed by atoms with Crippen LogP contribution in [0.1, 0.15) is 25.1 Å². The van der Waals surface area contributed by atoms with Crippen LogP contribution in [0.5, 0.6) is 0 Å². The van der Waals surface area contributed by atoms with Crippen LogP contribution in [0, 0.1) is 12.8 Å². The fourth-order valence-corrected chi connectivity index (χ4v) is 2.40. The van der Waals surface area contributed by atoms with Gasteiger partial charge in [-0.2, -0.15) is 0 Å². The van der Waals surface area contributed by atoms with Gasteiger partial charge in [0.15, 0.2) is 10.3 Å². The average molecular weight is 305 g/mol. The molecular weight excluding hydrogens is 286 g/mol. The minimum atomic E-state index is -0.167. The first-order valence-corrected chi connectivity index (χ1v) is 7.62. The predicted molar refractivity (Wildman–Crippen MR) is 82.3 cm³/mol. The molecule has 0 fully saturated rings. The SMILES string of the molecule is Cc1cc(=O)[nH]c(Sc2ncc(CNCC(C)C)cn2)n1. The van der Waals surface area contributed by atoms with Gasteiger partial charge in [-0.3, -0.25) is 4.79 Å². The molecule has 0 unspecified atom stereocenters. The van der Waals surface area contributed by atoms with Crippen LogP contribution in [0.2, 0.25) is 0 Å². The van der Waals surface area contributed by atoms with E-state index in [1.54, 1.807) is 19.3 Å². The molecule has 0 amide bonds. The van der Waals surface area contributed by atoms with Gasteiger partial charge in [0, 0.05) is 36.3 Å². The number of H-pyrrole nitrogens is 1. The average Bonchev–Trinajstić information content (AvgIpc) is 2.39. The highest BCUT2D eigenvalue weighted by atomic mass is 32.2. The van der Waals surface area contributed by atoms with E-state index in [1.165, 1.54) is 17.8 Å². The van der Waals surface area contributed by atoms with E-state index >= 15 is 0 Å². The summed E-state index contributed by atoms with van der Waals surface area (Å²) in [7, 11) is 0. The summed E-state index contributed by atoms with van der Waals surface area (Å²) < 4.78 is 0. The van der Waals surface area contributed by atoms with E-state index < -0.39 is 0 Å². The third kappa shape index (κ3) is 5.28. The molecule has 112 valence electrons. The number of aromatic amines is 1. The highest BCUT2D eigenvalue weighted by Gasteiger charge is 2.04. The first-order chi connectivity index (χ1) is 10.0. The molecule has 2 N–H and O–H groups in total. The molecule has 2 rings (SSSR count). The van der Waals surface area contributed by atoms with Crippen molar-refractivity contribution in [1.29, 1.82) is 0 Å². The summed E-state index contributed by atoms with van der Waals surface area (Å²) in [6, 6.07) is 1.45. The van der Waals surface area contributed by atoms with Crippen molar-refractivity contribution in [3.63, 3.8) is 0 Å². The summed E-state index contributed by atoms with van der Waals surface area (Å²) in [5.41, 5.74) is 1.54. The largest absolute Gasteiger partial charge is 0.312 e. The van der Waals surface area contributed by atoms with Gasteiger partial charge in [0.25, 0.3) is 5.56 Å². The molecule has 0 saturated carbocycles. The second kappa shape index (κ2) is 7.33. The Morgan fingerprint density at radius 3 is 2.67 bits per heavy atom. The third-order valence-electron chi connectivity index (χ3n) is 2.60. The molecule has 0 atom stereocenters. The van der Waals surface area contributed by atoms with Gasteiger partial charge in [0.1, 0.15) is 0 Å². The quantitative estimate of drug-likeness (QED) is 0.791. The molecule has 21 heavy (non-hydrogen) atoms. The van der Waals surface area contributed by atoms with Crippen LogP contribution in [0.4, 0.5) is 0 Å². The van der Waals surface area contributed by atoms with E-state index in [4.69, 9.17) is 0 Å². The summed E-state index contributed by atoms with van der Waals surface area (Å²) in [6.07, 6.45) is 3.58. The number of rotatable bonds is 6. The molecule has 0 aliphatic rings. The fraction of sp³-hybridized carbons (Fsp3) is 0.429. The maximum absolute atomic E-state index is 11.4. The topological polar surface area (TPSA) is 83.6 Å². The van der Waals surface area contributed by atoms with Gasteiger partial charge in [-0.15, -0.1) is 0 Å². The summed E-state index contributed by atoms with van der Waals surface area (Å²) in [6.45, 7) is 7.83. The zero-order chi connectivity index (χ0) is 15.2. The van der Waals surface area contributed by atoms with Gasteiger partial charge < -0.3 is 10.3 Å². The summed E-state index contributed by atoms with van der Waals surface area (Å²) >= 11 is 1.24. The third-order valence-corrected chi connectivity index (χ3v) is 3.38. The highest BCUT2D eigenvalue weighted by molar-refractivity contribution is 7.99. The molecule has 2 aromatic heterocycles. The van der Waals surface area contributed by atoms with Crippen molar-refractivity contribution in [2.45, 2.75) is 37.6 Å². The zero-order valence-corrected chi connectivity index (χ0v) is 13.2. The van der Waals surface area contributed by atoms with Crippen molar-refractivity contribution in [3.05, 3.63) is 40.1 Å². The van der Waals surface area contributed by atoms with Crippen molar-refractivity contribution in [2.75, 3.05) is 6.54 Å². The second-order valence-electron chi connectivity index (χ2n) is 5.19. The van der Waals surface area contributed by atoms with Gasteiger partial charge in [-0.25, -0.2) is 15.0 Å². The number of aryl methyl sites for hydroxylation is 1. The van der Waals surface area contributed by atoms with E-state index in [0.29, 0.717) is 21.9 Å². The Hall–Kier alpha value is -1.73. The molecule has 2 heterocycles. The number of aromatic nitrogens is 4. The number of nitrogens with one attached hydrogen (secondary N) is 2. The van der Waals surface area contributed by atoms with E-state index in [1.807, 2.05) is 0 Å². The zero-order valence-electron chi connectivity index (χ0n) is 12.4. The lowest BCUT2D eigenvalue weighted by atomic mass is 10.2. The monoisotopic (exact) mass is 305 g/mol. The van der Waals surface area contributed by atoms with Crippen molar-refractivity contribution in [3.8, 4) is 0 Å². The maximum Gasteiger partial charge on any atom is 0.251 e. The van der Waals surface area contributed by atoms with Crippen LogP contribution < -0.4 is 10.9 Å². The van der Waals surface area contributed by atoms with Crippen LogP contribution in [0.25, 0.3) is 0 Å². The van der Waals surface area contributed by atoms with Gasteiger partial charge in [0.05, 0.1) is 0 Å². The van der Waals surface area contributed by atoms with Gasteiger partial charge >= 0.3 is 0 Å². The summed E-state index contributed by atoms with van der Waals surface area (Å²) in [4.78, 5) is 26.8. The smallest absolute Gasteiger partial charge is 0.251 e. The fourth-order valence-electron chi connectivity index (χ4n) is 1.68. The molecule has 7 heteroatoms. The lowest BCUT2D eigenvalue weighted by Gasteiger charge is -2.07. The molecule has 0 saturated heterocycles. The minimum absolute atomic E-state index is 0.167. The molecule has 2 aromatic rings. The van der Waals surface area contributed by atoms with Gasteiger partial charge in [-0.1, -0.05) is 13.8 Å². The van der Waals surface area contributed by atoms with Crippen LogP contribution in [-0.4, -0.2) is 26.5 Å². The highest BCUT2D eigenvalue weighted by Crippen LogP contribution is 2.19. The summed E-state index contributed by atoms with van der Waals surface area (Å²) in [5.74, 6) is 0.616. The van der Waals surface area contributed by atoms with Crippen molar-refractivity contribution < 1.29 is 0 Å². The van der Waals surface area contributed by atoms with Crippen molar-refractivity contribution in [1.82, 2.24) is 25.3 Å². The Balaban J connectivity index is 1.97. The van der Waals surface area contributed by atoms with Crippen LogP contribution in [0.15, 0.2) is 33.6 Å². The molecule has 0 spiro atoms. The van der Waals surface area contributed by atoms with E-state index in [9.17, 15) is 4.79 Å². The van der Waals surface area contributed by atoms with Gasteiger partial charge in [0.2, 0.25) is 0 Å². The normalized spacial score (nSPS) is 11.0. The van der Waals surface area contributed by atoms with Crippen LogP contribution >= 0.6 is 11.8 Å². The Labute approximate surface area is 127 Å². The van der Waals surface area contributed by atoms with Crippen molar-refractivity contribution in [2.24, 2.45) is 5.92 Å². The Kier molecular flexibility index (Phi) is 5.46. The molecule has 0 aromatic carbocycles. The van der Waals surface area contributed by atoms with Crippen molar-refractivity contribution >= 4 is 11.8 Å². The molecule has 6 nitrogen and oxygen atoms in total. The molecule has 0 aliphatic heterocycles. The molecule has 0 radical (unpaired) electrons. The Morgan fingerprint density at radius 1 is 1.33 bits per heavy atom. The van der Waals surface area contributed by atoms with Crippen LogP contribution in [0.3, 0.4) is 0 Å². The van der Waals surface area contributed by atoms with Gasteiger partial charge in [-0.05, 0) is 31.1 Å². The number of hydrogen-bond donors (Lipinski definition) is 2. The van der Waals surface area contributed by atoms with Crippen LogP contribution in [-0.2, 0) is 6.54 Å². The molecular formula is C14H19N5OS.